The fraction of sp³-hybridized carbons (Fsp3) is 0.727. The first-order valence-electron chi connectivity index (χ1n) is 5.22. The summed E-state index contributed by atoms with van der Waals surface area (Å²) in [6, 6.07) is 0. The molecule has 0 atom stereocenters. The van der Waals surface area contributed by atoms with Crippen LogP contribution in [0.15, 0.2) is 11.6 Å². The van der Waals surface area contributed by atoms with Gasteiger partial charge in [0.25, 0.3) is 0 Å². The minimum atomic E-state index is -0.185. The van der Waals surface area contributed by atoms with Gasteiger partial charge >= 0.3 is 5.97 Å². The molecule has 0 radical (unpaired) electrons. The lowest BCUT2D eigenvalue weighted by Gasteiger charge is -2.34. The minimum absolute atomic E-state index is 0. The van der Waals surface area contributed by atoms with Crippen molar-refractivity contribution in [2.24, 2.45) is 0 Å². The molecule has 4 heteroatoms. The monoisotopic (exact) mass is 325 g/mol. The second-order valence-corrected chi connectivity index (χ2v) is 4.44. The van der Waals surface area contributed by atoms with Crippen LogP contribution < -0.4 is 24.0 Å². The molecule has 0 amide bonds. The number of halogens is 1. The molecule has 0 N–H and O–H groups in total. The highest BCUT2D eigenvalue weighted by atomic mass is 127. The number of piperidine rings is 1. The summed E-state index contributed by atoms with van der Waals surface area (Å²) in [6.45, 7) is 4.53. The summed E-state index contributed by atoms with van der Waals surface area (Å²) in [4.78, 5) is 11.2. The van der Waals surface area contributed by atoms with Crippen molar-refractivity contribution in [3.8, 4) is 0 Å². The van der Waals surface area contributed by atoms with E-state index < -0.39 is 0 Å². The number of carbonyl (C=O) groups is 1. The smallest absolute Gasteiger partial charge is 0.330 e. The Kier molecular flexibility index (Phi) is 6.43. The molecule has 1 heterocycles. The fourth-order valence-electron chi connectivity index (χ4n) is 1.62. The summed E-state index contributed by atoms with van der Waals surface area (Å²) < 4.78 is 5.93. The molecule has 1 saturated heterocycles. The zero-order chi connectivity index (χ0) is 10.6. The van der Waals surface area contributed by atoms with E-state index in [0.717, 1.165) is 30.4 Å². The van der Waals surface area contributed by atoms with E-state index >= 15 is 0 Å². The van der Waals surface area contributed by atoms with Gasteiger partial charge in [-0.15, -0.1) is 0 Å². The van der Waals surface area contributed by atoms with Crippen LogP contribution in [0.3, 0.4) is 0 Å². The maximum Gasteiger partial charge on any atom is 0.330 e. The Morgan fingerprint density at radius 2 is 1.93 bits per heavy atom. The number of hydrogen-bond donors (Lipinski definition) is 0. The normalized spacial score (nSPS) is 19.0. The summed E-state index contributed by atoms with van der Waals surface area (Å²) in [5, 5.41) is 0. The van der Waals surface area contributed by atoms with Crippen molar-refractivity contribution in [3.63, 3.8) is 0 Å². The number of hydrogen-bond acceptors (Lipinski definition) is 2. The van der Waals surface area contributed by atoms with Crippen LogP contribution in [0, 0.1) is 0 Å². The molecule has 1 aliphatic heterocycles. The first-order chi connectivity index (χ1) is 6.53. The van der Waals surface area contributed by atoms with Gasteiger partial charge in [0.2, 0.25) is 0 Å². The van der Waals surface area contributed by atoms with Gasteiger partial charge < -0.3 is 33.2 Å². The molecule has 0 aromatic heterocycles. The summed E-state index contributed by atoms with van der Waals surface area (Å²) >= 11 is 0. The third kappa shape index (κ3) is 5.51. The fourth-order valence-corrected chi connectivity index (χ4v) is 1.62. The third-order valence-electron chi connectivity index (χ3n) is 2.69. The molecular weight excluding hydrogens is 305 g/mol. The van der Waals surface area contributed by atoms with Crippen LogP contribution in [0.4, 0.5) is 0 Å². The Labute approximate surface area is 109 Å². The van der Waals surface area contributed by atoms with Crippen molar-refractivity contribution < 1.29 is 38.0 Å². The second kappa shape index (κ2) is 6.48. The lowest BCUT2D eigenvalue weighted by Crippen LogP contribution is -3.00. The maximum atomic E-state index is 11.2. The van der Waals surface area contributed by atoms with E-state index in [1.165, 1.54) is 5.57 Å². The maximum absolute atomic E-state index is 11.2. The van der Waals surface area contributed by atoms with Gasteiger partial charge in [-0.2, -0.15) is 0 Å². The lowest BCUT2D eigenvalue weighted by atomic mass is 10.0. The molecule has 1 aliphatic rings. The highest BCUT2D eigenvalue weighted by molar-refractivity contribution is 5.82. The van der Waals surface area contributed by atoms with Crippen LogP contribution in [0.2, 0.25) is 0 Å². The van der Waals surface area contributed by atoms with Gasteiger partial charge in [0.15, 0.2) is 0 Å². The van der Waals surface area contributed by atoms with Crippen LogP contribution in [0.5, 0.6) is 0 Å². The Balaban J connectivity index is 0.00000196. The van der Waals surface area contributed by atoms with Crippen molar-refractivity contribution in [1.29, 1.82) is 0 Å². The molecule has 1 rings (SSSR count). The van der Waals surface area contributed by atoms with E-state index in [1.54, 1.807) is 6.08 Å². The van der Waals surface area contributed by atoms with Gasteiger partial charge in [-0.3, -0.25) is 0 Å². The Bertz CT molecular complexity index is 237. The number of ether oxygens (including phenoxy) is 1. The highest BCUT2D eigenvalue weighted by Gasteiger charge is 2.22. The van der Waals surface area contributed by atoms with Gasteiger partial charge in [-0.05, 0) is 6.92 Å². The van der Waals surface area contributed by atoms with Crippen molar-refractivity contribution >= 4 is 5.97 Å². The van der Waals surface area contributed by atoms with E-state index in [2.05, 4.69) is 14.1 Å². The molecule has 0 aromatic rings. The van der Waals surface area contributed by atoms with Gasteiger partial charge in [0, 0.05) is 18.9 Å². The summed E-state index contributed by atoms with van der Waals surface area (Å²) in [5.74, 6) is -0.185. The largest absolute Gasteiger partial charge is 1.00 e. The molecule has 88 valence electrons. The number of esters is 1. The van der Waals surface area contributed by atoms with Gasteiger partial charge in [-0.1, -0.05) is 5.57 Å². The van der Waals surface area contributed by atoms with Gasteiger partial charge in [0.1, 0.15) is 0 Å². The number of likely N-dealkylation sites (tertiary alicyclic amines) is 1. The average molecular weight is 325 g/mol. The number of rotatable bonds is 2. The number of quaternary nitrogens is 1. The Hall–Kier alpha value is -0.100. The van der Waals surface area contributed by atoms with Gasteiger partial charge in [-0.25, -0.2) is 4.79 Å². The standard InChI is InChI=1S/C11H20NO2.HI/c1-4-14-11(13)9-10-5-7-12(2,3)8-6-10;/h9H,4-8H2,1-3H3;1H/q+1;/p-1. The molecule has 0 spiro atoms. The summed E-state index contributed by atoms with van der Waals surface area (Å²) in [5.41, 5.74) is 1.24. The van der Waals surface area contributed by atoms with E-state index in [-0.39, 0.29) is 29.9 Å². The van der Waals surface area contributed by atoms with Gasteiger partial charge in [0.05, 0.1) is 33.8 Å². The molecular formula is C11H20INO2. The molecule has 3 nitrogen and oxygen atoms in total. The molecule has 0 aromatic carbocycles. The Morgan fingerprint density at radius 1 is 1.40 bits per heavy atom. The van der Waals surface area contributed by atoms with Crippen molar-refractivity contribution in [1.82, 2.24) is 0 Å². The molecule has 0 saturated carbocycles. The van der Waals surface area contributed by atoms with Crippen LogP contribution in [-0.4, -0.2) is 44.2 Å². The lowest BCUT2D eigenvalue weighted by molar-refractivity contribution is -0.892. The minimum Gasteiger partial charge on any atom is -1.00 e. The molecule has 1 fully saturated rings. The predicted octanol–water partition coefficient (Wildman–Crippen LogP) is -1.65. The Morgan fingerprint density at radius 3 is 2.40 bits per heavy atom. The highest BCUT2D eigenvalue weighted by Crippen LogP contribution is 2.19. The van der Waals surface area contributed by atoms with Crippen LogP contribution in [0.1, 0.15) is 19.8 Å². The molecule has 0 unspecified atom stereocenters. The number of carbonyl (C=O) groups excluding carboxylic acids is 1. The van der Waals surface area contributed by atoms with E-state index in [9.17, 15) is 4.79 Å². The number of nitrogens with zero attached hydrogens (tertiary/aromatic N) is 1. The molecule has 0 bridgehead atoms. The predicted molar refractivity (Wildman–Crippen MR) is 55.8 cm³/mol. The van der Waals surface area contributed by atoms with Crippen LogP contribution in [-0.2, 0) is 9.53 Å². The quantitative estimate of drug-likeness (QED) is 0.263. The average Bonchev–Trinajstić information content (AvgIpc) is 2.09. The zero-order valence-corrected chi connectivity index (χ0v) is 11.9. The summed E-state index contributed by atoms with van der Waals surface area (Å²) in [7, 11) is 4.45. The van der Waals surface area contributed by atoms with Crippen molar-refractivity contribution in [2.45, 2.75) is 19.8 Å². The van der Waals surface area contributed by atoms with E-state index in [1.807, 2.05) is 6.92 Å². The van der Waals surface area contributed by atoms with Crippen molar-refractivity contribution in [3.05, 3.63) is 11.6 Å². The second-order valence-electron chi connectivity index (χ2n) is 4.44. The topological polar surface area (TPSA) is 26.3 Å². The zero-order valence-electron chi connectivity index (χ0n) is 9.75. The van der Waals surface area contributed by atoms with Crippen molar-refractivity contribution in [2.75, 3.05) is 33.8 Å². The first-order valence-corrected chi connectivity index (χ1v) is 5.22. The van der Waals surface area contributed by atoms with E-state index in [4.69, 9.17) is 4.74 Å². The van der Waals surface area contributed by atoms with Crippen LogP contribution in [0.25, 0.3) is 0 Å². The van der Waals surface area contributed by atoms with Crippen LogP contribution >= 0.6 is 0 Å². The third-order valence-corrected chi connectivity index (χ3v) is 2.69. The summed E-state index contributed by atoms with van der Waals surface area (Å²) in [6.07, 6.45) is 3.71. The molecule has 15 heavy (non-hydrogen) atoms. The first kappa shape index (κ1) is 14.9. The van der Waals surface area contributed by atoms with E-state index in [0.29, 0.717) is 6.61 Å². The molecule has 0 aliphatic carbocycles. The SMILES string of the molecule is CCOC(=O)C=C1CC[N+](C)(C)CC1.[I-].